The molecule has 2 N–H and O–H groups in total. The highest BCUT2D eigenvalue weighted by molar-refractivity contribution is 9.10. The fourth-order valence-corrected chi connectivity index (χ4v) is 5.74. The van der Waals surface area contributed by atoms with Crippen LogP contribution in [0.4, 0.5) is 24.5 Å². The van der Waals surface area contributed by atoms with Crippen LogP contribution in [0.1, 0.15) is 19.4 Å². The summed E-state index contributed by atoms with van der Waals surface area (Å²) in [6, 6.07) is 8.08. The number of benzene rings is 2. The molecule has 2 unspecified atom stereocenters. The lowest BCUT2D eigenvalue weighted by molar-refractivity contribution is -0.137. The predicted molar refractivity (Wildman–Crippen MR) is 117 cm³/mol. The highest BCUT2D eigenvalue weighted by atomic mass is 79.9. The van der Waals surface area contributed by atoms with Crippen molar-refractivity contribution in [2.45, 2.75) is 37.0 Å². The monoisotopic (exact) mass is 521 g/mol. The summed E-state index contributed by atoms with van der Waals surface area (Å²) in [5.74, 6) is 0.298. The van der Waals surface area contributed by atoms with E-state index in [1.54, 1.807) is 12.1 Å². The summed E-state index contributed by atoms with van der Waals surface area (Å²) in [5, 5.41) is 3.43. The van der Waals surface area contributed by atoms with Gasteiger partial charge in [0.1, 0.15) is 10.6 Å². The van der Waals surface area contributed by atoms with Crippen molar-refractivity contribution in [1.82, 2.24) is 5.32 Å². The van der Waals surface area contributed by atoms with Gasteiger partial charge in [-0.05, 0) is 66.2 Å². The van der Waals surface area contributed by atoms with Crippen LogP contribution in [0.5, 0.6) is 5.75 Å². The van der Waals surface area contributed by atoms with Crippen molar-refractivity contribution < 1.29 is 26.3 Å². The van der Waals surface area contributed by atoms with Gasteiger partial charge < -0.3 is 15.0 Å². The molecule has 31 heavy (non-hydrogen) atoms. The van der Waals surface area contributed by atoms with E-state index in [0.29, 0.717) is 5.75 Å². The molecule has 3 rings (SSSR count). The maximum atomic E-state index is 12.9. The van der Waals surface area contributed by atoms with E-state index >= 15 is 0 Å². The van der Waals surface area contributed by atoms with Crippen LogP contribution in [-0.2, 0) is 16.2 Å². The summed E-state index contributed by atoms with van der Waals surface area (Å²) in [5.41, 5.74) is 0.0654. The van der Waals surface area contributed by atoms with Crippen molar-refractivity contribution in [3.63, 3.8) is 0 Å². The number of hydrogen-bond acceptors (Lipinski definition) is 5. The van der Waals surface area contributed by atoms with E-state index in [4.69, 9.17) is 4.74 Å². The quantitative estimate of drug-likeness (QED) is 0.607. The zero-order chi connectivity index (χ0) is 23.0. The van der Waals surface area contributed by atoms with Gasteiger partial charge in [-0.15, -0.1) is 0 Å². The molecule has 0 radical (unpaired) electrons. The third-order valence-electron chi connectivity index (χ3n) is 4.90. The van der Waals surface area contributed by atoms with Gasteiger partial charge in [0.25, 0.3) is 10.0 Å². The normalized spacial score (nSPS) is 19.9. The minimum absolute atomic E-state index is 0.185. The summed E-state index contributed by atoms with van der Waals surface area (Å²) in [7, 11) is -2.77. The maximum absolute atomic E-state index is 12.9. The van der Waals surface area contributed by atoms with Gasteiger partial charge in [0.05, 0.1) is 18.4 Å². The lowest BCUT2D eigenvalue weighted by atomic mass is 10.1. The van der Waals surface area contributed by atoms with Crippen LogP contribution in [0, 0.1) is 0 Å². The standard InChI is InChI=1S/C20H23BrF3N3O3S/c1-12-10-27(11-13(2)25-12)15-5-6-18(30-3)17(9-15)26-31(28,29)19-7-4-14(8-16(19)21)20(22,23)24/h4-9,12-13,25-26H,10-11H2,1-3H3. The van der Waals surface area contributed by atoms with Gasteiger partial charge in [-0.25, -0.2) is 8.42 Å². The molecular formula is C20H23BrF3N3O3S. The topological polar surface area (TPSA) is 70.7 Å². The fourth-order valence-electron chi connectivity index (χ4n) is 3.60. The Balaban J connectivity index is 1.93. The lowest BCUT2D eigenvalue weighted by Gasteiger charge is -2.38. The van der Waals surface area contributed by atoms with Crippen molar-refractivity contribution >= 4 is 37.3 Å². The molecule has 0 saturated carbocycles. The summed E-state index contributed by atoms with van der Waals surface area (Å²) < 4.78 is 72.2. The lowest BCUT2D eigenvalue weighted by Crippen LogP contribution is -2.54. The number of nitrogens with zero attached hydrogens (tertiary/aromatic N) is 1. The zero-order valence-electron chi connectivity index (χ0n) is 17.1. The molecule has 0 bridgehead atoms. The minimum atomic E-state index is -4.58. The molecule has 6 nitrogen and oxygen atoms in total. The molecule has 1 heterocycles. The summed E-state index contributed by atoms with van der Waals surface area (Å²) in [6.07, 6.45) is -4.58. The zero-order valence-corrected chi connectivity index (χ0v) is 19.5. The van der Waals surface area contributed by atoms with Gasteiger partial charge in [-0.2, -0.15) is 13.2 Å². The molecule has 0 spiro atoms. The summed E-state index contributed by atoms with van der Waals surface area (Å²) in [4.78, 5) is 1.83. The van der Waals surface area contributed by atoms with Crippen LogP contribution in [0.15, 0.2) is 45.8 Å². The Hall–Kier alpha value is -1.98. The molecule has 11 heteroatoms. The molecular weight excluding hydrogens is 499 g/mol. The van der Waals surface area contributed by atoms with E-state index < -0.39 is 21.8 Å². The number of ether oxygens (including phenoxy) is 1. The van der Waals surface area contributed by atoms with Gasteiger partial charge in [0, 0.05) is 35.3 Å². The Bertz CT molecular complexity index is 1050. The largest absolute Gasteiger partial charge is 0.495 e. The first-order chi connectivity index (χ1) is 14.4. The molecule has 1 fully saturated rings. The Morgan fingerprint density at radius 1 is 1.13 bits per heavy atom. The first-order valence-electron chi connectivity index (χ1n) is 9.49. The van der Waals surface area contributed by atoms with Crippen molar-refractivity contribution in [2.24, 2.45) is 0 Å². The molecule has 0 amide bonds. The highest BCUT2D eigenvalue weighted by Gasteiger charge is 2.32. The predicted octanol–water partition coefficient (Wildman–Crippen LogP) is 4.46. The number of halogens is 4. The number of hydrogen-bond donors (Lipinski definition) is 2. The second-order valence-electron chi connectivity index (χ2n) is 7.51. The van der Waals surface area contributed by atoms with Crippen LogP contribution in [0.25, 0.3) is 0 Å². The minimum Gasteiger partial charge on any atom is -0.495 e. The first kappa shape index (κ1) is 23.7. The van der Waals surface area contributed by atoms with E-state index in [-0.39, 0.29) is 27.1 Å². The molecule has 1 aliphatic heterocycles. The number of anilines is 2. The van der Waals surface area contributed by atoms with E-state index in [1.807, 2.05) is 6.07 Å². The number of piperazine rings is 1. The van der Waals surface area contributed by atoms with Gasteiger partial charge in [-0.1, -0.05) is 0 Å². The van der Waals surface area contributed by atoms with Gasteiger partial charge in [0.15, 0.2) is 0 Å². The van der Waals surface area contributed by atoms with E-state index in [9.17, 15) is 21.6 Å². The van der Waals surface area contributed by atoms with E-state index in [0.717, 1.165) is 37.0 Å². The van der Waals surface area contributed by atoms with Crippen LogP contribution < -0.4 is 19.7 Å². The molecule has 0 aliphatic carbocycles. The number of nitrogens with one attached hydrogen (secondary N) is 2. The number of methoxy groups -OCH3 is 1. The van der Waals surface area contributed by atoms with Gasteiger partial charge in [-0.3, -0.25) is 4.72 Å². The van der Waals surface area contributed by atoms with E-state index in [1.165, 1.54) is 7.11 Å². The van der Waals surface area contributed by atoms with Crippen LogP contribution >= 0.6 is 15.9 Å². The summed E-state index contributed by atoms with van der Waals surface area (Å²) in [6.45, 7) is 5.62. The fraction of sp³-hybridized carbons (Fsp3) is 0.400. The molecule has 2 atom stereocenters. The summed E-state index contributed by atoms with van der Waals surface area (Å²) >= 11 is 2.95. The maximum Gasteiger partial charge on any atom is 0.416 e. The van der Waals surface area contributed by atoms with Crippen molar-refractivity contribution in [3.8, 4) is 5.75 Å². The Morgan fingerprint density at radius 3 is 2.32 bits per heavy atom. The molecule has 2 aromatic carbocycles. The molecule has 1 aliphatic rings. The average molecular weight is 522 g/mol. The second kappa shape index (κ2) is 8.87. The third-order valence-corrected chi connectivity index (χ3v) is 7.24. The van der Waals surface area contributed by atoms with E-state index in [2.05, 4.69) is 44.7 Å². The second-order valence-corrected chi connectivity index (χ2v) is 10.0. The van der Waals surface area contributed by atoms with Crippen LogP contribution in [0.2, 0.25) is 0 Å². The van der Waals surface area contributed by atoms with Crippen molar-refractivity contribution in [2.75, 3.05) is 29.8 Å². The van der Waals surface area contributed by atoms with Crippen LogP contribution in [0.3, 0.4) is 0 Å². The van der Waals surface area contributed by atoms with Crippen molar-refractivity contribution in [3.05, 3.63) is 46.4 Å². The number of rotatable bonds is 5. The Morgan fingerprint density at radius 2 is 1.77 bits per heavy atom. The highest BCUT2D eigenvalue weighted by Crippen LogP contribution is 2.36. The Kier molecular flexibility index (Phi) is 6.78. The SMILES string of the molecule is COc1ccc(N2CC(C)NC(C)C2)cc1NS(=O)(=O)c1ccc(C(F)(F)F)cc1Br. The molecule has 170 valence electrons. The van der Waals surface area contributed by atoms with Gasteiger partial charge in [0.2, 0.25) is 0 Å². The van der Waals surface area contributed by atoms with Gasteiger partial charge >= 0.3 is 6.18 Å². The number of sulfonamides is 1. The third kappa shape index (κ3) is 5.45. The van der Waals surface area contributed by atoms with Crippen molar-refractivity contribution in [1.29, 1.82) is 0 Å². The Labute approximate surface area is 188 Å². The number of alkyl halides is 3. The molecule has 0 aromatic heterocycles. The molecule has 1 saturated heterocycles. The average Bonchev–Trinajstić information content (AvgIpc) is 2.66. The molecule has 2 aromatic rings. The van der Waals surface area contributed by atoms with Crippen LogP contribution in [-0.4, -0.2) is 40.7 Å². The first-order valence-corrected chi connectivity index (χ1v) is 11.8. The smallest absolute Gasteiger partial charge is 0.416 e.